The molecule has 6 heteroatoms. The van der Waals surface area contributed by atoms with Crippen LogP contribution < -0.4 is 5.32 Å². The molecule has 2 aromatic rings. The van der Waals surface area contributed by atoms with Crippen molar-refractivity contribution in [3.8, 4) is 0 Å². The number of nitrogens with one attached hydrogen (secondary N) is 1. The predicted molar refractivity (Wildman–Crippen MR) is 91.7 cm³/mol. The second kappa shape index (κ2) is 7.30. The zero-order chi connectivity index (χ0) is 17.1. The summed E-state index contributed by atoms with van der Waals surface area (Å²) in [6.07, 6.45) is 0.535. The lowest BCUT2D eigenvalue weighted by Gasteiger charge is -2.15. The molecule has 4 nitrogen and oxygen atoms in total. The van der Waals surface area contributed by atoms with Crippen LogP contribution in [0, 0.1) is 5.82 Å². The Labute approximate surface area is 144 Å². The van der Waals surface area contributed by atoms with Crippen LogP contribution in [0.25, 0.3) is 0 Å². The fourth-order valence-electron chi connectivity index (χ4n) is 2.83. The maximum atomic E-state index is 13.1. The number of nitrogens with zero attached hydrogens (tertiary/aromatic N) is 1. The molecule has 0 aromatic heterocycles. The van der Waals surface area contributed by atoms with Crippen LogP contribution in [-0.4, -0.2) is 35.1 Å². The van der Waals surface area contributed by atoms with Crippen LogP contribution in [0.15, 0.2) is 42.5 Å². The second-order valence-electron chi connectivity index (χ2n) is 5.96. The molecule has 126 valence electrons. The van der Waals surface area contributed by atoms with E-state index in [2.05, 4.69) is 10.2 Å². The quantitative estimate of drug-likeness (QED) is 0.891. The molecular formula is C18H18ClFN2O2. The van der Waals surface area contributed by atoms with E-state index in [1.807, 2.05) is 18.2 Å². The molecule has 3 rings (SSSR count). The fourth-order valence-corrected chi connectivity index (χ4v) is 3.09. The lowest BCUT2D eigenvalue weighted by Crippen LogP contribution is -2.21. The first-order valence-corrected chi connectivity index (χ1v) is 8.15. The molecule has 0 radical (unpaired) electrons. The first-order chi connectivity index (χ1) is 11.5. The Morgan fingerprint density at radius 2 is 2.17 bits per heavy atom. The van der Waals surface area contributed by atoms with Gasteiger partial charge in [0.05, 0.1) is 16.7 Å². The minimum absolute atomic E-state index is 0.0784. The molecule has 1 atom stereocenters. The number of hydrogen-bond donors (Lipinski definition) is 2. The van der Waals surface area contributed by atoms with Gasteiger partial charge in [-0.05, 0) is 42.3 Å². The van der Waals surface area contributed by atoms with Crippen LogP contribution in [0.1, 0.15) is 22.3 Å². The Hall–Kier alpha value is -1.95. The van der Waals surface area contributed by atoms with E-state index >= 15 is 0 Å². The van der Waals surface area contributed by atoms with Crippen LogP contribution in [0.2, 0.25) is 5.02 Å². The third kappa shape index (κ3) is 4.12. The zero-order valence-corrected chi connectivity index (χ0v) is 13.8. The number of aliphatic hydroxyl groups excluding tert-OH is 1. The number of amides is 1. The highest BCUT2D eigenvalue weighted by atomic mass is 35.5. The number of carbonyl (C=O) groups is 1. The third-order valence-electron chi connectivity index (χ3n) is 4.01. The summed E-state index contributed by atoms with van der Waals surface area (Å²) in [5.74, 6) is -0.861. The highest BCUT2D eigenvalue weighted by Gasteiger charge is 2.20. The number of halogens is 2. The Morgan fingerprint density at radius 1 is 1.33 bits per heavy atom. The number of likely N-dealkylation sites (tertiary alicyclic amines) is 1. The molecule has 0 unspecified atom stereocenters. The summed E-state index contributed by atoms with van der Waals surface area (Å²) in [5, 5.41) is 12.4. The van der Waals surface area contributed by atoms with Crippen LogP contribution in [0.3, 0.4) is 0 Å². The Kier molecular flexibility index (Phi) is 5.14. The molecule has 1 heterocycles. The normalized spacial score (nSPS) is 17.9. The van der Waals surface area contributed by atoms with Crippen molar-refractivity contribution in [1.29, 1.82) is 0 Å². The van der Waals surface area contributed by atoms with Crippen LogP contribution in [0.5, 0.6) is 0 Å². The molecule has 24 heavy (non-hydrogen) atoms. The summed E-state index contributed by atoms with van der Waals surface area (Å²) >= 11 is 5.92. The number of hydrogen-bond acceptors (Lipinski definition) is 3. The van der Waals surface area contributed by atoms with Crippen LogP contribution >= 0.6 is 11.6 Å². The van der Waals surface area contributed by atoms with Crippen molar-refractivity contribution in [2.75, 3.05) is 18.4 Å². The van der Waals surface area contributed by atoms with Crippen molar-refractivity contribution in [2.45, 2.75) is 19.1 Å². The first-order valence-electron chi connectivity index (χ1n) is 7.77. The predicted octanol–water partition coefficient (Wildman–Crippen LogP) is 3.30. The van der Waals surface area contributed by atoms with Gasteiger partial charge in [-0.15, -0.1) is 0 Å². The van der Waals surface area contributed by atoms with E-state index in [9.17, 15) is 14.3 Å². The summed E-state index contributed by atoms with van der Waals surface area (Å²) in [6.45, 7) is 2.25. The van der Waals surface area contributed by atoms with Crippen LogP contribution in [0.4, 0.5) is 10.1 Å². The highest BCUT2D eigenvalue weighted by Crippen LogP contribution is 2.20. The van der Waals surface area contributed by atoms with Gasteiger partial charge in [-0.25, -0.2) is 4.39 Å². The van der Waals surface area contributed by atoms with Gasteiger partial charge in [0.25, 0.3) is 5.91 Å². The molecule has 1 saturated heterocycles. The van der Waals surface area contributed by atoms with Gasteiger partial charge in [0.2, 0.25) is 0 Å². The van der Waals surface area contributed by atoms with Gasteiger partial charge in [0.1, 0.15) is 5.82 Å². The van der Waals surface area contributed by atoms with Gasteiger partial charge in [-0.2, -0.15) is 0 Å². The van der Waals surface area contributed by atoms with Crippen molar-refractivity contribution in [3.05, 3.63) is 64.4 Å². The van der Waals surface area contributed by atoms with E-state index in [1.165, 1.54) is 12.1 Å². The smallest absolute Gasteiger partial charge is 0.257 e. The third-order valence-corrected chi connectivity index (χ3v) is 4.33. The molecule has 0 spiro atoms. The second-order valence-corrected chi connectivity index (χ2v) is 6.36. The van der Waals surface area contributed by atoms with E-state index in [-0.39, 0.29) is 22.6 Å². The number of β-amino-alcohol motifs (C(OH)–C–C–N with tert-alkyl or cyclic N) is 1. The summed E-state index contributed by atoms with van der Waals surface area (Å²) in [7, 11) is 0. The van der Waals surface area contributed by atoms with Crippen LogP contribution in [-0.2, 0) is 6.54 Å². The zero-order valence-electron chi connectivity index (χ0n) is 13.0. The summed E-state index contributed by atoms with van der Waals surface area (Å²) in [4.78, 5) is 14.5. The molecule has 1 aliphatic rings. The van der Waals surface area contributed by atoms with E-state index in [0.29, 0.717) is 12.2 Å². The Bertz CT molecular complexity index is 754. The van der Waals surface area contributed by atoms with Crippen molar-refractivity contribution in [3.63, 3.8) is 0 Å². The average Bonchev–Trinajstić information content (AvgIpc) is 2.92. The highest BCUT2D eigenvalue weighted by molar-refractivity contribution is 6.34. The van der Waals surface area contributed by atoms with Crippen molar-refractivity contribution in [1.82, 2.24) is 4.90 Å². The molecule has 2 N–H and O–H groups in total. The Balaban J connectivity index is 1.68. The number of rotatable bonds is 4. The summed E-state index contributed by atoms with van der Waals surface area (Å²) in [6, 6.07) is 11.2. The summed E-state index contributed by atoms with van der Waals surface area (Å²) in [5.41, 5.74) is 1.93. The molecule has 1 amide bonds. The minimum Gasteiger partial charge on any atom is -0.392 e. The van der Waals surface area contributed by atoms with E-state index < -0.39 is 5.82 Å². The molecule has 0 saturated carbocycles. The topological polar surface area (TPSA) is 52.6 Å². The average molecular weight is 349 g/mol. The van der Waals surface area contributed by atoms with Gasteiger partial charge in [0.15, 0.2) is 0 Å². The van der Waals surface area contributed by atoms with Gasteiger partial charge >= 0.3 is 0 Å². The van der Waals surface area contributed by atoms with Gasteiger partial charge in [0, 0.05) is 25.3 Å². The molecular weight excluding hydrogens is 331 g/mol. The molecule has 2 aromatic carbocycles. The van der Waals surface area contributed by atoms with Crippen molar-refractivity contribution in [2.24, 2.45) is 0 Å². The Morgan fingerprint density at radius 3 is 2.88 bits per heavy atom. The van der Waals surface area contributed by atoms with Crippen molar-refractivity contribution < 1.29 is 14.3 Å². The van der Waals surface area contributed by atoms with Crippen molar-refractivity contribution >= 4 is 23.2 Å². The number of anilines is 1. The maximum Gasteiger partial charge on any atom is 0.257 e. The summed E-state index contributed by atoms with van der Waals surface area (Å²) < 4.78 is 13.1. The molecule has 1 aliphatic heterocycles. The largest absolute Gasteiger partial charge is 0.392 e. The van der Waals surface area contributed by atoms with Gasteiger partial charge in [-0.1, -0.05) is 23.7 Å². The first kappa shape index (κ1) is 16.9. The molecule has 0 bridgehead atoms. The number of benzene rings is 2. The number of aliphatic hydroxyl groups is 1. The van der Waals surface area contributed by atoms with E-state index in [1.54, 1.807) is 6.07 Å². The maximum absolute atomic E-state index is 13.1. The molecule has 1 fully saturated rings. The SMILES string of the molecule is O=C(Nc1cccc(CN2CC[C@H](O)C2)c1)c1ccc(F)cc1Cl. The van der Waals surface area contributed by atoms with Gasteiger partial charge < -0.3 is 10.4 Å². The molecule has 0 aliphatic carbocycles. The lowest BCUT2D eigenvalue weighted by molar-refractivity contribution is 0.102. The fraction of sp³-hybridized carbons (Fsp3) is 0.278. The van der Waals surface area contributed by atoms with E-state index in [4.69, 9.17) is 11.6 Å². The standard InChI is InChI=1S/C18H18ClFN2O2/c19-17-9-13(20)4-5-16(17)18(24)21-14-3-1-2-12(8-14)10-22-7-6-15(23)11-22/h1-5,8-9,15,23H,6-7,10-11H2,(H,21,24)/t15-/m0/s1. The van der Waals surface area contributed by atoms with E-state index in [0.717, 1.165) is 31.1 Å². The number of carbonyl (C=O) groups excluding carboxylic acids is 1. The minimum atomic E-state index is -0.480. The van der Waals surface area contributed by atoms with Gasteiger partial charge in [-0.3, -0.25) is 9.69 Å². The lowest BCUT2D eigenvalue weighted by atomic mass is 10.1. The monoisotopic (exact) mass is 348 g/mol.